The number of nitrogens with one attached hydrogen (secondary N) is 3. The topological polar surface area (TPSA) is 171 Å². The van der Waals surface area contributed by atoms with Gasteiger partial charge in [-0.05, 0) is 11.5 Å². The molecule has 31 heavy (non-hydrogen) atoms. The van der Waals surface area contributed by atoms with Gasteiger partial charge in [0.25, 0.3) is 0 Å². The molecule has 11 heteroatoms. The highest BCUT2D eigenvalue weighted by molar-refractivity contribution is 7.80. The van der Waals surface area contributed by atoms with Gasteiger partial charge in [0.2, 0.25) is 17.7 Å². The average molecular weight is 455 g/mol. The molecular weight excluding hydrogens is 424 g/mol. The number of hydrogen-bond donors (Lipinski definition) is 7. The van der Waals surface area contributed by atoms with Crippen LogP contribution in [0.3, 0.4) is 0 Å². The molecule has 1 rings (SSSR count). The second-order valence-corrected chi connectivity index (χ2v) is 7.72. The highest BCUT2D eigenvalue weighted by atomic mass is 32.1. The third-order valence-corrected chi connectivity index (χ3v) is 4.89. The van der Waals surface area contributed by atoms with E-state index in [1.165, 1.54) is 0 Å². The lowest BCUT2D eigenvalue weighted by Gasteiger charge is -2.25. The van der Waals surface area contributed by atoms with E-state index in [0.717, 1.165) is 5.56 Å². The highest BCUT2D eigenvalue weighted by Crippen LogP contribution is 2.07. The predicted octanol–water partition coefficient (Wildman–Crippen LogP) is -1.33. The first kappa shape index (κ1) is 26.4. The molecule has 0 aromatic heterocycles. The first-order valence-corrected chi connectivity index (χ1v) is 10.4. The van der Waals surface area contributed by atoms with Gasteiger partial charge in [-0.2, -0.15) is 12.6 Å². The van der Waals surface area contributed by atoms with Crippen LogP contribution < -0.4 is 21.7 Å². The lowest BCUT2D eigenvalue weighted by molar-refractivity contribution is -0.143. The summed E-state index contributed by atoms with van der Waals surface area (Å²) in [4.78, 5) is 48.8. The number of aliphatic carboxylic acids is 1. The minimum atomic E-state index is -1.34. The van der Waals surface area contributed by atoms with E-state index in [0.29, 0.717) is 0 Å². The number of hydrogen-bond acceptors (Lipinski definition) is 7. The minimum Gasteiger partial charge on any atom is -0.480 e. The molecule has 0 fully saturated rings. The molecule has 0 aliphatic heterocycles. The van der Waals surface area contributed by atoms with Crippen LogP contribution in [0.2, 0.25) is 0 Å². The van der Waals surface area contributed by atoms with E-state index in [-0.39, 0.29) is 18.1 Å². The van der Waals surface area contributed by atoms with E-state index in [2.05, 4.69) is 28.6 Å². The van der Waals surface area contributed by atoms with Gasteiger partial charge in [-0.15, -0.1) is 0 Å². The molecular formula is C20H30N4O6S. The lowest BCUT2D eigenvalue weighted by Crippen LogP contribution is -2.59. The molecule has 0 spiro atoms. The number of aliphatic hydroxyl groups is 1. The van der Waals surface area contributed by atoms with Crippen LogP contribution in [0, 0.1) is 5.92 Å². The van der Waals surface area contributed by atoms with E-state index in [1.807, 2.05) is 0 Å². The van der Waals surface area contributed by atoms with E-state index >= 15 is 0 Å². The van der Waals surface area contributed by atoms with Crippen molar-refractivity contribution in [3.05, 3.63) is 35.9 Å². The molecule has 1 aromatic carbocycles. The van der Waals surface area contributed by atoms with E-state index in [9.17, 15) is 29.4 Å². The maximum Gasteiger partial charge on any atom is 0.326 e. The summed E-state index contributed by atoms with van der Waals surface area (Å²) in [5.74, 6) is -3.74. The van der Waals surface area contributed by atoms with Crippen molar-refractivity contribution in [3.8, 4) is 0 Å². The molecule has 4 atom stereocenters. The van der Waals surface area contributed by atoms with Crippen LogP contribution in [0.1, 0.15) is 19.4 Å². The summed E-state index contributed by atoms with van der Waals surface area (Å²) in [5, 5.41) is 26.1. The van der Waals surface area contributed by atoms with Gasteiger partial charge in [0.15, 0.2) is 0 Å². The zero-order chi connectivity index (χ0) is 23.6. The second-order valence-electron chi connectivity index (χ2n) is 7.35. The Morgan fingerprint density at radius 2 is 1.52 bits per heavy atom. The van der Waals surface area contributed by atoms with Gasteiger partial charge in [0.05, 0.1) is 12.6 Å². The molecule has 0 radical (unpaired) electrons. The molecule has 0 saturated heterocycles. The van der Waals surface area contributed by atoms with E-state index < -0.39 is 54.5 Å². The first-order valence-electron chi connectivity index (χ1n) is 9.75. The Hall–Kier alpha value is -2.63. The van der Waals surface area contributed by atoms with Gasteiger partial charge in [-0.25, -0.2) is 4.79 Å². The van der Waals surface area contributed by atoms with Crippen LogP contribution in [-0.4, -0.2) is 70.4 Å². The number of amides is 3. The summed E-state index contributed by atoms with van der Waals surface area (Å²) in [7, 11) is 0. The predicted molar refractivity (Wildman–Crippen MR) is 117 cm³/mol. The van der Waals surface area contributed by atoms with Crippen LogP contribution in [0.4, 0.5) is 0 Å². The van der Waals surface area contributed by atoms with Crippen molar-refractivity contribution in [2.45, 2.75) is 44.4 Å². The normalized spacial score (nSPS) is 14.8. The molecule has 0 saturated carbocycles. The first-order chi connectivity index (χ1) is 14.6. The van der Waals surface area contributed by atoms with Crippen LogP contribution in [0.15, 0.2) is 30.3 Å². The Kier molecular flexibility index (Phi) is 11.0. The Bertz CT molecular complexity index is 761. The van der Waals surface area contributed by atoms with Crippen LogP contribution >= 0.6 is 12.6 Å². The second kappa shape index (κ2) is 12.9. The van der Waals surface area contributed by atoms with Crippen LogP contribution in [-0.2, 0) is 25.6 Å². The zero-order valence-electron chi connectivity index (χ0n) is 17.4. The number of thiol groups is 1. The number of carboxylic acid groups (broad SMARTS) is 1. The summed E-state index contributed by atoms with van der Waals surface area (Å²) in [6.07, 6.45) is 0.0745. The van der Waals surface area contributed by atoms with Gasteiger partial charge in [0.1, 0.15) is 18.1 Å². The molecule has 0 aliphatic carbocycles. The molecule has 0 aliphatic rings. The van der Waals surface area contributed by atoms with Crippen molar-refractivity contribution < 1.29 is 29.4 Å². The fourth-order valence-electron chi connectivity index (χ4n) is 2.65. The smallest absolute Gasteiger partial charge is 0.326 e. The number of carbonyl (C=O) groups excluding carboxylic acids is 3. The lowest BCUT2D eigenvalue weighted by atomic mass is 10.0. The molecule has 7 N–H and O–H groups in total. The van der Waals surface area contributed by atoms with Gasteiger partial charge < -0.3 is 31.9 Å². The van der Waals surface area contributed by atoms with Gasteiger partial charge >= 0.3 is 5.97 Å². The molecule has 3 amide bonds. The summed E-state index contributed by atoms with van der Waals surface area (Å²) < 4.78 is 0. The molecule has 0 heterocycles. The Balaban J connectivity index is 3.01. The van der Waals surface area contributed by atoms with Crippen LogP contribution in [0.25, 0.3) is 0 Å². The number of carbonyl (C=O) groups is 4. The SMILES string of the molecule is CC(C)C(NC(=O)C(Cc1ccccc1)NC(=O)C(CO)NC(=O)C(N)CS)C(=O)O. The summed E-state index contributed by atoms with van der Waals surface area (Å²) in [5.41, 5.74) is 6.28. The molecule has 10 nitrogen and oxygen atoms in total. The summed E-state index contributed by atoms with van der Waals surface area (Å²) in [6.45, 7) is 2.57. The Labute approximate surface area is 186 Å². The van der Waals surface area contributed by atoms with Crippen molar-refractivity contribution in [1.82, 2.24) is 16.0 Å². The molecule has 1 aromatic rings. The molecule has 172 valence electrons. The number of rotatable bonds is 12. The zero-order valence-corrected chi connectivity index (χ0v) is 18.3. The fourth-order valence-corrected chi connectivity index (χ4v) is 2.82. The van der Waals surface area contributed by atoms with E-state index in [4.69, 9.17) is 5.73 Å². The number of nitrogens with two attached hydrogens (primary N) is 1. The van der Waals surface area contributed by atoms with Crippen molar-refractivity contribution in [3.63, 3.8) is 0 Å². The number of benzene rings is 1. The highest BCUT2D eigenvalue weighted by Gasteiger charge is 2.31. The maximum absolute atomic E-state index is 12.8. The quantitative estimate of drug-likeness (QED) is 0.192. The van der Waals surface area contributed by atoms with Crippen molar-refractivity contribution in [1.29, 1.82) is 0 Å². The van der Waals surface area contributed by atoms with Crippen molar-refractivity contribution >= 4 is 36.3 Å². The number of aliphatic hydroxyl groups excluding tert-OH is 1. The summed E-state index contributed by atoms with van der Waals surface area (Å²) in [6, 6.07) is 4.20. The largest absolute Gasteiger partial charge is 0.480 e. The Morgan fingerprint density at radius 1 is 0.968 bits per heavy atom. The van der Waals surface area contributed by atoms with Gasteiger partial charge in [-0.1, -0.05) is 44.2 Å². The number of carboxylic acids is 1. The van der Waals surface area contributed by atoms with Crippen molar-refractivity contribution in [2.24, 2.45) is 11.7 Å². The molecule has 0 bridgehead atoms. The minimum absolute atomic E-state index is 0.0381. The van der Waals surface area contributed by atoms with E-state index in [1.54, 1.807) is 44.2 Å². The van der Waals surface area contributed by atoms with Crippen LogP contribution in [0.5, 0.6) is 0 Å². The monoisotopic (exact) mass is 454 g/mol. The average Bonchev–Trinajstić information content (AvgIpc) is 2.74. The van der Waals surface area contributed by atoms with Gasteiger partial charge in [-0.3, -0.25) is 14.4 Å². The summed E-state index contributed by atoms with van der Waals surface area (Å²) >= 11 is 3.91. The third-order valence-electron chi connectivity index (χ3n) is 4.50. The van der Waals surface area contributed by atoms with Gasteiger partial charge in [0, 0.05) is 12.2 Å². The molecule has 4 unspecified atom stereocenters. The third kappa shape index (κ3) is 8.56. The van der Waals surface area contributed by atoms with Crippen molar-refractivity contribution in [2.75, 3.05) is 12.4 Å². The standard InChI is InChI=1S/C20H30N4O6S/c1-11(2)16(20(29)30)24-18(27)14(8-12-6-4-3-5-7-12)22-19(28)15(9-25)23-17(26)13(21)10-31/h3-7,11,13-16,25,31H,8-10,21H2,1-2H3,(H,22,28)(H,23,26)(H,24,27)(H,29,30). The maximum atomic E-state index is 12.8. The Morgan fingerprint density at radius 3 is 2.00 bits per heavy atom. The fraction of sp³-hybridized carbons (Fsp3) is 0.500.